The van der Waals surface area contributed by atoms with Crippen molar-refractivity contribution in [1.29, 1.82) is 0 Å². The van der Waals surface area contributed by atoms with Crippen LogP contribution >= 0.6 is 11.6 Å². The maximum Gasteiger partial charge on any atom is 0.327 e. The fourth-order valence-corrected chi connectivity index (χ4v) is 1.71. The van der Waals surface area contributed by atoms with Gasteiger partial charge in [0.15, 0.2) is 0 Å². The highest BCUT2D eigenvalue weighted by Gasteiger charge is 2.11. The van der Waals surface area contributed by atoms with Gasteiger partial charge < -0.3 is 15.4 Å². The van der Waals surface area contributed by atoms with E-state index < -0.39 is 11.5 Å². The van der Waals surface area contributed by atoms with E-state index in [1.807, 2.05) is 6.92 Å². The van der Waals surface area contributed by atoms with Crippen LogP contribution in [0.15, 0.2) is 11.0 Å². The van der Waals surface area contributed by atoms with Gasteiger partial charge in [-0.1, -0.05) is 18.5 Å². The van der Waals surface area contributed by atoms with E-state index in [4.69, 9.17) is 11.6 Å². The molecule has 0 saturated carbocycles. The van der Waals surface area contributed by atoms with Crippen LogP contribution in [0.3, 0.4) is 0 Å². The summed E-state index contributed by atoms with van der Waals surface area (Å²) in [5.41, 5.74) is -0.0527. The van der Waals surface area contributed by atoms with Gasteiger partial charge in [0.1, 0.15) is 11.6 Å². The third-order valence-corrected chi connectivity index (χ3v) is 2.95. The summed E-state index contributed by atoms with van der Waals surface area (Å²) in [7, 11) is 1.25. The second kappa shape index (κ2) is 8.55. The van der Waals surface area contributed by atoms with E-state index in [1.54, 1.807) is 0 Å². The number of nitrogens with zero attached hydrogens (tertiary/aromatic N) is 2. The molecule has 0 atom stereocenters. The van der Waals surface area contributed by atoms with Crippen molar-refractivity contribution in [2.24, 2.45) is 0 Å². The van der Waals surface area contributed by atoms with Crippen LogP contribution in [0.2, 0.25) is 5.02 Å². The minimum absolute atomic E-state index is 0.0207. The zero-order valence-corrected chi connectivity index (χ0v) is 12.4. The first kappa shape index (κ1) is 16.5. The van der Waals surface area contributed by atoms with Gasteiger partial charge in [-0.05, 0) is 19.5 Å². The molecule has 1 aromatic rings. The number of esters is 1. The molecule has 0 amide bonds. The van der Waals surface area contributed by atoms with Crippen LogP contribution in [0.5, 0.6) is 0 Å². The van der Waals surface area contributed by atoms with Crippen molar-refractivity contribution in [1.82, 2.24) is 15.1 Å². The first-order valence-electron chi connectivity index (χ1n) is 6.37. The van der Waals surface area contributed by atoms with E-state index in [2.05, 4.69) is 20.5 Å². The molecule has 0 spiro atoms. The minimum Gasteiger partial charge on any atom is -0.468 e. The molecule has 7 nitrogen and oxygen atoms in total. The van der Waals surface area contributed by atoms with Gasteiger partial charge in [0.05, 0.1) is 19.0 Å². The van der Waals surface area contributed by atoms with Crippen LogP contribution in [0.1, 0.15) is 13.3 Å². The Morgan fingerprint density at radius 3 is 2.90 bits per heavy atom. The summed E-state index contributed by atoms with van der Waals surface area (Å²) >= 11 is 5.96. The lowest BCUT2D eigenvalue weighted by molar-refractivity contribution is -0.141. The monoisotopic (exact) mass is 302 g/mol. The lowest BCUT2D eigenvalue weighted by Gasteiger charge is -2.09. The molecule has 0 aromatic carbocycles. The number of carbonyl (C=O) groups excluding carboxylic acids is 1. The fraction of sp³-hybridized carbons (Fsp3) is 0.583. The van der Waals surface area contributed by atoms with Crippen LogP contribution in [0.4, 0.5) is 5.69 Å². The molecule has 1 heterocycles. The minimum atomic E-state index is -0.554. The van der Waals surface area contributed by atoms with Gasteiger partial charge in [0.25, 0.3) is 5.56 Å². The Hall–Kier alpha value is -1.60. The van der Waals surface area contributed by atoms with Gasteiger partial charge >= 0.3 is 5.97 Å². The van der Waals surface area contributed by atoms with Gasteiger partial charge in [-0.25, -0.2) is 4.68 Å². The Bertz CT molecular complexity index is 504. The van der Waals surface area contributed by atoms with Gasteiger partial charge in [-0.2, -0.15) is 5.10 Å². The van der Waals surface area contributed by atoms with Crippen molar-refractivity contribution in [2.75, 3.05) is 32.1 Å². The number of ether oxygens (including phenoxy) is 1. The van der Waals surface area contributed by atoms with Crippen molar-refractivity contribution in [2.45, 2.75) is 19.9 Å². The number of anilines is 1. The van der Waals surface area contributed by atoms with E-state index in [1.165, 1.54) is 13.3 Å². The van der Waals surface area contributed by atoms with E-state index in [9.17, 15) is 9.59 Å². The summed E-state index contributed by atoms with van der Waals surface area (Å²) in [6, 6.07) is 0. The number of hydrogen-bond donors (Lipinski definition) is 2. The summed E-state index contributed by atoms with van der Waals surface area (Å²) in [4.78, 5) is 23.0. The first-order chi connectivity index (χ1) is 9.60. The predicted octanol–water partition coefficient (Wildman–Crippen LogP) is 0.481. The molecule has 0 bridgehead atoms. The number of rotatable bonds is 8. The predicted molar refractivity (Wildman–Crippen MR) is 77.2 cm³/mol. The number of nitrogens with one attached hydrogen (secondary N) is 2. The molecule has 0 aliphatic rings. The van der Waals surface area contributed by atoms with Crippen LogP contribution in [0.25, 0.3) is 0 Å². The van der Waals surface area contributed by atoms with Gasteiger partial charge in [-0.3, -0.25) is 9.59 Å². The molecular formula is C12H19ClN4O3. The molecule has 0 aliphatic heterocycles. The molecule has 0 radical (unpaired) electrons. The summed E-state index contributed by atoms with van der Waals surface area (Å²) in [5, 5.41) is 10.1. The average molecular weight is 303 g/mol. The zero-order chi connectivity index (χ0) is 15.0. The van der Waals surface area contributed by atoms with Crippen molar-refractivity contribution >= 4 is 23.3 Å². The number of hydrogen-bond acceptors (Lipinski definition) is 6. The van der Waals surface area contributed by atoms with Crippen molar-refractivity contribution in [3.63, 3.8) is 0 Å². The van der Waals surface area contributed by atoms with E-state index >= 15 is 0 Å². The Balaban J connectivity index is 2.64. The second-order valence-electron chi connectivity index (χ2n) is 4.05. The number of halogens is 1. The topological polar surface area (TPSA) is 85.2 Å². The number of aromatic nitrogens is 2. The average Bonchev–Trinajstić information content (AvgIpc) is 2.45. The molecule has 1 rings (SSSR count). The van der Waals surface area contributed by atoms with E-state index in [0.29, 0.717) is 12.2 Å². The largest absolute Gasteiger partial charge is 0.468 e. The molecule has 0 saturated heterocycles. The maximum atomic E-state index is 11.9. The number of carbonyl (C=O) groups is 1. The summed E-state index contributed by atoms with van der Waals surface area (Å²) < 4.78 is 5.45. The summed E-state index contributed by atoms with van der Waals surface area (Å²) in [6.45, 7) is 4.26. The normalized spacial score (nSPS) is 10.3. The molecule has 8 heteroatoms. The Labute approximate surface area is 122 Å². The highest BCUT2D eigenvalue weighted by Crippen LogP contribution is 2.14. The highest BCUT2D eigenvalue weighted by atomic mass is 35.5. The van der Waals surface area contributed by atoms with E-state index in [0.717, 1.165) is 24.2 Å². The zero-order valence-electron chi connectivity index (χ0n) is 11.6. The Morgan fingerprint density at radius 1 is 1.50 bits per heavy atom. The standard InChI is InChI=1S/C12H19ClN4O3/c1-3-14-5-4-6-15-9-7-16-17(8-10(18)20-2)12(19)11(9)13/h7,14-15H,3-6,8H2,1-2H3. The number of methoxy groups -OCH3 is 1. The molecular weight excluding hydrogens is 284 g/mol. The molecule has 0 fully saturated rings. The molecule has 0 unspecified atom stereocenters. The molecule has 2 N–H and O–H groups in total. The molecule has 0 aliphatic carbocycles. The second-order valence-corrected chi connectivity index (χ2v) is 4.42. The van der Waals surface area contributed by atoms with Crippen molar-refractivity contribution in [3.8, 4) is 0 Å². The summed E-state index contributed by atoms with van der Waals surface area (Å²) in [6.07, 6.45) is 2.33. The van der Waals surface area contributed by atoms with E-state index in [-0.39, 0.29) is 11.6 Å². The van der Waals surface area contributed by atoms with Crippen molar-refractivity contribution < 1.29 is 9.53 Å². The van der Waals surface area contributed by atoms with Crippen LogP contribution in [-0.2, 0) is 16.1 Å². The Kier molecular flexibility index (Phi) is 7.03. The smallest absolute Gasteiger partial charge is 0.327 e. The lowest BCUT2D eigenvalue weighted by atomic mass is 10.4. The quantitative estimate of drug-likeness (QED) is 0.537. The Morgan fingerprint density at radius 2 is 2.25 bits per heavy atom. The SMILES string of the molecule is CCNCCCNc1cnn(CC(=O)OC)c(=O)c1Cl. The maximum absolute atomic E-state index is 11.9. The lowest BCUT2D eigenvalue weighted by Crippen LogP contribution is -2.28. The first-order valence-corrected chi connectivity index (χ1v) is 6.75. The van der Waals surface area contributed by atoms with Gasteiger partial charge in [0.2, 0.25) is 0 Å². The molecule has 1 aromatic heterocycles. The van der Waals surface area contributed by atoms with Crippen molar-refractivity contribution in [3.05, 3.63) is 21.6 Å². The molecule has 20 heavy (non-hydrogen) atoms. The van der Waals surface area contributed by atoms with Crippen LogP contribution < -0.4 is 16.2 Å². The van der Waals surface area contributed by atoms with Gasteiger partial charge in [-0.15, -0.1) is 0 Å². The van der Waals surface area contributed by atoms with Crippen LogP contribution in [0, 0.1) is 0 Å². The fourth-order valence-electron chi connectivity index (χ4n) is 1.50. The highest BCUT2D eigenvalue weighted by molar-refractivity contribution is 6.32. The third kappa shape index (κ3) is 4.82. The van der Waals surface area contributed by atoms with Crippen LogP contribution in [-0.4, -0.2) is 42.5 Å². The van der Waals surface area contributed by atoms with Gasteiger partial charge in [0, 0.05) is 6.54 Å². The molecule has 112 valence electrons. The summed E-state index contributed by atoms with van der Waals surface area (Å²) in [5.74, 6) is -0.554. The third-order valence-electron chi connectivity index (χ3n) is 2.59.